The molecule has 1 amide bonds. The Morgan fingerprint density at radius 3 is 2.65 bits per heavy atom. The highest BCUT2D eigenvalue weighted by molar-refractivity contribution is 7.80. The van der Waals surface area contributed by atoms with E-state index in [1.807, 2.05) is 11.4 Å². The molecule has 2 N–H and O–H groups in total. The van der Waals surface area contributed by atoms with Gasteiger partial charge < -0.3 is 24.8 Å². The quantitative estimate of drug-likeness (QED) is 0.284. The molecule has 1 aromatic rings. The third-order valence-electron chi connectivity index (χ3n) is 5.30. The molecule has 3 atom stereocenters. The zero-order valence-corrected chi connectivity index (χ0v) is 19.7. The molecule has 0 radical (unpaired) electrons. The number of thiocarbonyl (C=S) groups is 1. The standard InChI is InChI=1S/C21H26N2O6S2/c1-10(24)15-13-7-12(14-6-11(8-31-14)17(30)22-5)16(23(13)18(15)25)19(26)28-9-29-20(27)21(2,3)4/h6,8,10,13,15,24H,7,9H2,1-5H3,(H,22,30)/t10-,13?,15?/m1/s1. The van der Waals surface area contributed by atoms with Gasteiger partial charge >= 0.3 is 11.9 Å². The lowest BCUT2D eigenvalue weighted by atomic mass is 9.83. The van der Waals surface area contributed by atoms with E-state index in [-0.39, 0.29) is 17.6 Å². The fourth-order valence-corrected chi connectivity index (χ4v) is 4.81. The van der Waals surface area contributed by atoms with Gasteiger partial charge in [0.2, 0.25) is 12.7 Å². The van der Waals surface area contributed by atoms with Gasteiger partial charge in [0.15, 0.2) is 0 Å². The van der Waals surface area contributed by atoms with E-state index in [2.05, 4.69) is 5.32 Å². The average molecular weight is 467 g/mol. The van der Waals surface area contributed by atoms with E-state index in [4.69, 9.17) is 21.7 Å². The van der Waals surface area contributed by atoms with Gasteiger partial charge in [-0.3, -0.25) is 9.59 Å². The molecule has 2 aliphatic heterocycles. The van der Waals surface area contributed by atoms with Crippen LogP contribution in [0.5, 0.6) is 0 Å². The molecule has 0 aromatic carbocycles. The summed E-state index contributed by atoms with van der Waals surface area (Å²) in [6.07, 6.45) is -0.409. The summed E-state index contributed by atoms with van der Waals surface area (Å²) in [5.74, 6) is -2.15. The number of esters is 2. The summed E-state index contributed by atoms with van der Waals surface area (Å²) in [6, 6.07) is 1.54. The molecule has 0 saturated carbocycles. The van der Waals surface area contributed by atoms with Crippen LogP contribution in [0.15, 0.2) is 17.1 Å². The van der Waals surface area contributed by atoms with E-state index in [0.29, 0.717) is 17.0 Å². The number of carbonyl (C=O) groups is 3. The molecule has 8 nitrogen and oxygen atoms in total. The van der Waals surface area contributed by atoms with Crippen molar-refractivity contribution in [2.75, 3.05) is 13.8 Å². The maximum absolute atomic E-state index is 12.9. The Labute approximate surface area is 190 Å². The van der Waals surface area contributed by atoms with E-state index in [0.717, 1.165) is 10.4 Å². The summed E-state index contributed by atoms with van der Waals surface area (Å²) in [4.78, 5) is 40.2. The van der Waals surface area contributed by atoms with E-state index in [1.165, 1.54) is 16.2 Å². The van der Waals surface area contributed by atoms with Crippen LogP contribution in [0.2, 0.25) is 0 Å². The number of carbonyl (C=O) groups excluding carboxylic acids is 3. The molecule has 3 rings (SSSR count). The Hall–Kier alpha value is -2.30. The summed E-state index contributed by atoms with van der Waals surface area (Å²) in [5, 5.41) is 14.8. The maximum atomic E-state index is 12.9. The minimum absolute atomic E-state index is 0.127. The van der Waals surface area contributed by atoms with Crippen molar-refractivity contribution in [1.29, 1.82) is 0 Å². The van der Waals surface area contributed by atoms with Crippen LogP contribution in [0.4, 0.5) is 0 Å². The molecule has 168 valence electrons. The third kappa shape index (κ3) is 4.37. The molecule has 31 heavy (non-hydrogen) atoms. The molecule has 0 spiro atoms. The Morgan fingerprint density at radius 1 is 1.39 bits per heavy atom. The highest BCUT2D eigenvalue weighted by Crippen LogP contribution is 2.48. The summed E-state index contributed by atoms with van der Waals surface area (Å²) >= 11 is 6.68. The molecule has 1 saturated heterocycles. The Bertz CT molecular complexity index is 959. The first-order valence-electron chi connectivity index (χ1n) is 9.87. The monoisotopic (exact) mass is 466 g/mol. The zero-order valence-electron chi connectivity index (χ0n) is 18.1. The maximum Gasteiger partial charge on any atom is 0.358 e. The minimum Gasteiger partial charge on any atom is -0.427 e. The number of aliphatic hydroxyl groups is 1. The van der Waals surface area contributed by atoms with Crippen LogP contribution in [0.1, 0.15) is 44.6 Å². The Kier molecular flexibility index (Phi) is 6.54. The van der Waals surface area contributed by atoms with E-state index in [9.17, 15) is 19.5 Å². The fraction of sp³-hybridized carbons (Fsp3) is 0.524. The molecule has 2 unspecified atom stereocenters. The molecule has 1 fully saturated rings. The summed E-state index contributed by atoms with van der Waals surface area (Å²) in [7, 11) is 1.73. The van der Waals surface area contributed by atoms with Crippen molar-refractivity contribution in [3.63, 3.8) is 0 Å². The smallest absolute Gasteiger partial charge is 0.358 e. The number of ether oxygens (including phenoxy) is 2. The predicted octanol–water partition coefficient (Wildman–Crippen LogP) is 2.06. The van der Waals surface area contributed by atoms with E-state index >= 15 is 0 Å². The van der Waals surface area contributed by atoms with Gasteiger partial charge in [0.25, 0.3) is 0 Å². The van der Waals surface area contributed by atoms with Gasteiger partial charge in [0, 0.05) is 28.4 Å². The lowest BCUT2D eigenvalue weighted by molar-refractivity contribution is -0.175. The molecule has 3 heterocycles. The first-order chi connectivity index (χ1) is 14.5. The summed E-state index contributed by atoms with van der Waals surface area (Å²) in [6.45, 7) is 6.10. The number of β-lactam (4-membered cyclic amide) rings is 1. The first kappa shape index (κ1) is 23.4. The topological polar surface area (TPSA) is 105 Å². The molecule has 10 heteroatoms. The van der Waals surface area contributed by atoms with Gasteiger partial charge in [0.1, 0.15) is 10.7 Å². The zero-order chi connectivity index (χ0) is 23.1. The number of aliphatic hydroxyl groups excluding tert-OH is 1. The van der Waals surface area contributed by atoms with Crippen molar-refractivity contribution in [2.24, 2.45) is 11.3 Å². The summed E-state index contributed by atoms with van der Waals surface area (Å²) in [5.41, 5.74) is 0.863. The normalized spacial score (nSPS) is 21.4. The van der Waals surface area contributed by atoms with Crippen LogP contribution in [-0.2, 0) is 23.9 Å². The van der Waals surface area contributed by atoms with Crippen LogP contribution in [-0.4, -0.2) is 58.8 Å². The van der Waals surface area contributed by atoms with Crippen LogP contribution in [0.25, 0.3) is 5.57 Å². The highest BCUT2D eigenvalue weighted by Gasteiger charge is 2.57. The number of thiophene rings is 1. The van der Waals surface area contributed by atoms with Crippen molar-refractivity contribution in [3.05, 3.63) is 27.6 Å². The Balaban J connectivity index is 1.86. The minimum atomic E-state index is -0.825. The number of nitrogens with one attached hydrogen (secondary N) is 1. The number of hydrogen-bond donors (Lipinski definition) is 2. The number of amides is 1. The van der Waals surface area contributed by atoms with Crippen molar-refractivity contribution >= 4 is 52.0 Å². The summed E-state index contributed by atoms with van der Waals surface area (Å²) < 4.78 is 10.2. The lowest BCUT2D eigenvalue weighted by Crippen LogP contribution is -2.61. The Morgan fingerprint density at radius 2 is 2.06 bits per heavy atom. The molecule has 1 aromatic heterocycles. The predicted molar refractivity (Wildman–Crippen MR) is 119 cm³/mol. The van der Waals surface area contributed by atoms with Gasteiger partial charge in [-0.25, -0.2) is 4.79 Å². The van der Waals surface area contributed by atoms with Gasteiger partial charge in [-0.2, -0.15) is 0 Å². The van der Waals surface area contributed by atoms with Gasteiger partial charge in [0.05, 0.1) is 23.5 Å². The largest absolute Gasteiger partial charge is 0.427 e. The highest BCUT2D eigenvalue weighted by atomic mass is 32.1. The van der Waals surface area contributed by atoms with Gasteiger partial charge in [-0.05, 0) is 40.2 Å². The van der Waals surface area contributed by atoms with E-state index in [1.54, 1.807) is 34.7 Å². The van der Waals surface area contributed by atoms with Crippen molar-refractivity contribution < 1.29 is 29.0 Å². The average Bonchev–Trinajstić information content (AvgIpc) is 3.28. The number of hydrogen-bond acceptors (Lipinski definition) is 8. The van der Waals surface area contributed by atoms with Crippen LogP contribution < -0.4 is 5.32 Å². The van der Waals surface area contributed by atoms with Crippen LogP contribution in [0.3, 0.4) is 0 Å². The van der Waals surface area contributed by atoms with Crippen molar-refractivity contribution in [1.82, 2.24) is 10.2 Å². The second-order valence-electron chi connectivity index (χ2n) is 8.58. The van der Waals surface area contributed by atoms with Crippen molar-refractivity contribution in [2.45, 2.75) is 46.3 Å². The second kappa shape index (κ2) is 8.68. The van der Waals surface area contributed by atoms with E-state index < -0.39 is 36.2 Å². The third-order valence-corrected chi connectivity index (χ3v) is 6.73. The molecule has 2 aliphatic rings. The van der Waals surface area contributed by atoms with Gasteiger partial charge in [-0.15, -0.1) is 11.3 Å². The van der Waals surface area contributed by atoms with Crippen LogP contribution >= 0.6 is 23.6 Å². The molecule has 0 aliphatic carbocycles. The van der Waals surface area contributed by atoms with Crippen LogP contribution in [0, 0.1) is 11.3 Å². The SMILES string of the molecule is CNC(=S)c1csc(C2=C(C(=O)OCOC(=O)C(C)(C)C)N3C(=O)C([C@@H](C)O)C3C2)c1. The van der Waals surface area contributed by atoms with Gasteiger partial charge in [-0.1, -0.05) is 12.2 Å². The number of nitrogens with zero attached hydrogens (tertiary/aromatic N) is 1. The van der Waals surface area contributed by atoms with Crippen molar-refractivity contribution in [3.8, 4) is 0 Å². The second-order valence-corrected chi connectivity index (χ2v) is 9.90. The molecular weight excluding hydrogens is 440 g/mol. The fourth-order valence-electron chi connectivity index (χ4n) is 3.66. The first-order valence-corrected chi connectivity index (χ1v) is 11.2. The number of rotatable bonds is 6. The molecular formula is C21H26N2O6S2. The number of fused-ring (bicyclic) bond motifs is 1. The lowest BCUT2D eigenvalue weighted by Gasteiger charge is -2.44. The molecule has 0 bridgehead atoms.